The number of nitrogens with zero attached hydrogens (tertiary/aromatic N) is 1. The van der Waals surface area contributed by atoms with Gasteiger partial charge in [-0.1, -0.05) is 26.0 Å². The van der Waals surface area contributed by atoms with Crippen LogP contribution in [0.5, 0.6) is 0 Å². The molecule has 1 aromatic carbocycles. The normalized spacial score (nSPS) is 18.6. The van der Waals surface area contributed by atoms with Crippen LogP contribution >= 0.6 is 0 Å². The van der Waals surface area contributed by atoms with Crippen molar-refractivity contribution in [3.05, 3.63) is 34.9 Å². The molecule has 1 atom stereocenters. The molecule has 1 aliphatic heterocycles. The van der Waals surface area contributed by atoms with Crippen LogP contribution in [0.3, 0.4) is 0 Å². The fraction of sp³-hybridized carbons (Fsp3) is 0.588. The Morgan fingerprint density at radius 2 is 2.15 bits per heavy atom. The molecule has 0 bridgehead atoms. The van der Waals surface area contributed by atoms with Crippen molar-refractivity contribution >= 4 is 5.91 Å². The summed E-state index contributed by atoms with van der Waals surface area (Å²) in [4.78, 5) is 15.0. The number of aryl methyl sites for hydroxylation is 1. The highest BCUT2D eigenvalue weighted by molar-refractivity contribution is 5.96. The Labute approximate surface area is 122 Å². The van der Waals surface area contributed by atoms with Gasteiger partial charge in [-0.2, -0.15) is 0 Å². The second-order valence-electron chi connectivity index (χ2n) is 6.25. The highest BCUT2D eigenvalue weighted by Gasteiger charge is 2.28. The van der Waals surface area contributed by atoms with E-state index in [1.54, 1.807) is 0 Å². The Hall–Kier alpha value is -1.35. The molecule has 1 unspecified atom stereocenters. The molecule has 3 nitrogen and oxygen atoms in total. The fourth-order valence-corrected chi connectivity index (χ4v) is 2.83. The number of nitrogens with one attached hydrogen (secondary N) is 1. The van der Waals surface area contributed by atoms with Gasteiger partial charge in [0.1, 0.15) is 0 Å². The van der Waals surface area contributed by atoms with E-state index in [1.165, 1.54) is 5.56 Å². The van der Waals surface area contributed by atoms with Crippen molar-refractivity contribution in [1.29, 1.82) is 0 Å². The lowest BCUT2D eigenvalue weighted by Gasteiger charge is -2.31. The van der Waals surface area contributed by atoms with E-state index in [2.05, 4.69) is 37.1 Å². The largest absolute Gasteiger partial charge is 0.334 e. The lowest BCUT2D eigenvalue weighted by atomic mass is 10.0. The molecule has 1 saturated heterocycles. The van der Waals surface area contributed by atoms with E-state index in [9.17, 15) is 4.79 Å². The Kier molecular flexibility index (Phi) is 4.81. The van der Waals surface area contributed by atoms with Gasteiger partial charge in [0, 0.05) is 24.7 Å². The molecule has 1 aromatic rings. The third kappa shape index (κ3) is 3.21. The minimum atomic E-state index is 0.189. The van der Waals surface area contributed by atoms with Gasteiger partial charge in [-0.15, -0.1) is 0 Å². The van der Waals surface area contributed by atoms with E-state index >= 15 is 0 Å². The second kappa shape index (κ2) is 6.40. The monoisotopic (exact) mass is 274 g/mol. The number of rotatable bonds is 4. The third-order valence-electron chi connectivity index (χ3n) is 4.13. The van der Waals surface area contributed by atoms with Gasteiger partial charge >= 0.3 is 0 Å². The van der Waals surface area contributed by atoms with E-state index in [4.69, 9.17) is 0 Å². The summed E-state index contributed by atoms with van der Waals surface area (Å²) in [5.74, 6) is 0.679. The maximum Gasteiger partial charge on any atom is 0.254 e. The van der Waals surface area contributed by atoms with E-state index < -0.39 is 0 Å². The first-order valence-electron chi connectivity index (χ1n) is 7.58. The molecular formula is C17H26N2O. The molecule has 0 aromatic heterocycles. The van der Waals surface area contributed by atoms with E-state index in [1.807, 2.05) is 19.1 Å². The first-order valence-corrected chi connectivity index (χ1v) is 7.58. The Bertz CT molecular complexity index is 476. The summed E-state index contributed by atoms with van der Waals surface area (Å²) >= 11 is 0. The molecule has 1 N–H and O–H groups in total. The molecule has 0 radical (unpaired) electrons. The molecule has 1 heterocycles. The SMILES string of the molecule is Cc1cccc(C(=O)N(CC(C)C)C2CCNC2)c1C. The maximum atomic E-state index is 12.9. The highest BCUT2D eigenvalue weighted by atomic mass is 16.2. The standard InChI is InChI=1S/C17H26N2O/c1-12(2)11-19(15-8-9-18-10-15)17(20)16-7-5-6-13(3)14(16)4/h5-7,12,15,18H,8-11H2,1-4H3. The summed E-state index contributed by atoms with van der Waals surface area (Å²) < 4.78 is 0. The lowest BCUT2D eigenvalue weighted by molar-refractivity contribution is 0.0666. The van der Waals surface area contributed by atoms with Crippen molar-refractivity contribution in [3.63, 3.8) is 0 Å². The molecule has 110 valence electrons. The molecule has 2 rings (SSSR count). The zero-order chi connectivity index (χ0) is 14.7. The number of carbonyl (C=O) groups excluding carboxylic acids is 1. The summed E-state index contributed by atoms with van der Waals surface area (Å²) in [6.07, 6.45) is 1.06. The van der Waals surface area contributed by atoms with Crippen LogP contribution in [0.1, 0.15) is 41.8 Å². The van der Waals surface area contributed by atoms with Crippen LogP contribution < -0.4 is 5.32 Å². The van der Waals surface area contributed by atoms with Crippen LogP contribution in [0.4, 0.5) is 0 Å². The molecule has 0 saturated carbocycles. The zero-order valence-electron chi connectivity index (χ0n) is 13.1. The van der Waals surface area contributed by atoms with Crippen molar-refractivity contribution in [1.82, 2.24) is 10.2 Å². The van der Waals surface area contributed by atoms with Gasteiger partial charge in [0.15, 0.2) is 0 Å². The maximum absolute atomic E-state index is 12.9. The van der Waals surface area contributed by atoms with Crippen molar-refractivity contribution in [2.75, 3.05) is 19.6 Å². The molecule has 0 spiro atoms. The average molecular weight is 274 g/mol. The number of amides is 1. The van der Waals surface area contributed by atoms with Crippen LogP contribution in [0.15, 0.2) is 18.2 Å². The smallest absolute Gasteiger partial charge is 0.254 e. The third-order valence-corrected chi connectivity index (χ3v) is 4.13. The van der Waals surface area contributed by atoms with Crippen LogP contribution in [0.2, 0.25) is 0 Å². The van der Waals surface area contributed by atoms with Crippen LogP contribution in [0, 0.1) is 19.8 Å². The van der Waals surface area contributed by atoms with E-state index in [0.717, 1.165) is 37.2 Å². The van der Waals surface area contributed by atoms with Gasteiger partial charge < -0.3 is 10.2 Å². The molecule has 1 aliphatic rings. The summed E-state index contributed by atoms with van der Waals surface area (Å²) in [6.45, 7) is 11.2. The zero-order valence-corrected chi connectivity index (χ0v) is 13.1. The minimum absolute atomic E-state index is 0.189. The van der Waals surface area contributed by atoms with Crippen molar-refractivity contribution in [2.24, 2.45) is 5.92 Å². The van der Waals surface area contributed by atoms with Gasteiger partial charge in [-0.05, 0) is 49.9 Å². The van der Waals surface area contributed by atoms with Crippen molar-refractivity contribution < 1.29 is 4.79 Å². The predicted octanol–water partition coefficient (Wildman–Crippen LogP) is 2.76. The number of carbonyl (C=O) groups is 1. The highest BCUT2D eigenvalue weighted by Crippen LogP contribution is 2.19. The van der Waals surface area contributed by atoms with Gasteiger partial charge in [0.25, 0.3) is 5.91 Å². The van der Waals surface area contributed by atoms with Gasteiger partial charge in [0.05, 0.1) is 0 Å². The number of hydrogen-bond donors (Lipinski definition) is 1. The molecule has 20 heavy (non-hydrogen) atoms. The van der Waals surface area contributed by atoms with Crippen molar-refractivity contribution in [2.45, 2.75) is 40.2 Å². The first kappa shape index (κ1) is 15.0. The van der Waals surface area contributed by atoms with Gasteiger partial charge in [0.2, 0.25) is 0 Å². The second-order valence-corrected chi connectivity index (χ2v) is 6.25. The number of hydrogen-bond acceptors (Lipinski definition) is 2. The topological polar surface area (TPSA) is 32.3 Å². The summed E-state index contributed by atoms with van der Waals surface area (Å²) in [5.41, 5.74) is 3.15. The minimum Gasteiger partial charge on any atom is -0.334 e. The van der Waals surface area contributed by atoms with E-state index in [0.29, 0.717) is 12.0 Å². The van der Waals surface area contributed by atoms with Gasteiger partial charge in [-0.3, -0.25) is 4.79 Å². The Morgan fingerprint density at radius 3 is 2.75 bits per heavy atom. The molecular weight excluding hydrogens is 248 g/mol. The Balaban J connectivity index is 2.27. The molecule has 0 aliphatic carbocycles. The van der Waals surface area contributed by atoms with Gasteiger partial charge in [-0.25, -0.2) is 0 Å². The van der Waals surface area contributed by atoms with Crippen molar-refractivity contribution in [3.8, 4) is 0 Å². The van der Waals surface area contributed by atoms with Crippen LogP contribution in [0.25, 0.3) is 0 Å². The fourth-order valence-electron chi connectivity index (χ4n) is 2.83. The summed E-state index contributed by atoms with van der Waals surface area (Å²) in [6, 6.07) is 6.34. The average Bonchev–Trinajstić information content (AvgIpc) is 2.92. The predicted molar refractivity (Wildman–Crippen MR) is 83.1 cm³/mol. The summed E-state index contributed by atoms with van der Waals surface area (Å²) in [5, 5.41) is 3.36. The summed E-state index contributed by atoms with van der Waals surface area (Å²) in [7, 11) is 0. The quantitative estimate of drug-likeness (QED) is 0.915. The van der Waals surface area contributed by atoms with Crippen LogP contribution in [-0.2, 0) is 0 Å². The number of benzene rings is 1. The van der Waals surface area contributed by atoms with E-state index in [-0.39, 0.29) is 5.91 Å². The first-order chi connectivity index (χ1) is 9.50. The molecule has 3 heteroatoms. The molecule has 1 amide bonds. The Morgan fingerprint density at radius 1 is 1.40 bits per heavy atom. The lowest BCUT2D eigenvalue weighted by Crippen LogP contribution is -2.43. The van der Waals surface area contributed by atoms with Crippen LogP contribution in [-0.4, -0.2) is 36.5 Å². The molecule has 1 fully saturated rings.